The van der Waals surface area contributed by atoms with Crippen LogP contribution in [0.2, 0.25) is 0 Å². The summed E-state index contributed by atoms with van der Waals surface area (Å²) in [7, 11) is 0. The molecule has 0 radical (unpaired) electrons. The van der Waals surface area contributed by atoms with E-state index in [1.807, 2.05) is 13.8 Å². The minimum absolute atomic E-state index is 0.0293. The first kappa shape index (κ1) is 21.4. The summed E-state index contributed by atoms with van der Waals surface area (Å²) in [6.07, 6.45) is 2.02. The van der Waals surface area contributed by atoms with E-state index >= 15 is 0 Å². The minimum Gasteiger partial charge on any atom is -0.464 e. The highest BCUT2D eigenvalue weighted by molar-refractivity contribution is 5.94. The average Bonchev–Trinajstić information content (AvgIpc) is 3.06. The SMILES string of the molecule is CCOC(=O)C(CCCN=C(N)N)NC(=O)c1coc(C(N)C(C)C)n1. The van der Waals surface area contributed by atoms with Gasteiger partial charge in [-0.2, -0.15) is 0 Å². The summed E-state index contributed by atoms with van der Waals surface area (Å²) in [4.78, 5) is 32.4. The number of oxazole rings is 1. The number of hydrogen-bond donors (Lipinski definition) is 4. The molecule has 0 aliphatic heterocycles. The Hall–Kier alpha value is -2.62. The van der Waals surface area contributed by atoms with Crippen molar-refractivity contribution in [3.63, 3.8) is 0 Å². The van der Waals surface area contributed by atoms with E-state index in [2.05, 4.69) is 15.3 Å². The summed E-state index contributed by atoms with van der Waals surface area (Å²) in [5.74, 6) is -0.736. The number of amides is 1. The fourth-order valence-electron chi connectivity index (χ4n) is 2.06. The van der Waals surface area contributed by atoms with Crippen molar-refractivity contribution in [1.29, 1.82) is 0 Å². The molecule has 26 heavy (non-hydrogen) atoms. The van der Waals surface area contributed by atoms with E-state index in [1.54, 1.807) is 6.92 Å². The van der Waals surface area contributed by atoms with E-state index in [-0.39, 0.29) is 30.1 Å². The fraction of sp³-hybridized carbons (Fsp3) is 0.625. The van der Waals surface area contributed by atoms with Gasteiger partial charge in [0.1, 0.15) is 12.3 Å². The average molecular weight is 368 g/mol. The van der Waals surface area contributed by atoms with E-state index in [9.17, 15) is 9.59 Å². The van der Waals surface area contributed by atoms with Crippen molar-refractivity contribution < 1.29 is 18.7 Å². The fourth-order valence-corrected chi connectivity index (χ4v) is 2.06. The van der Waals surface area contributed by atoms with Gasteiger partial charge >= 0.3 is 5.97 Å². The van der Waals surface area contributed by atoms with Gasteiger partial charge in [-0.15, -0.1) is 0 Å². The van der Waals surface area contributed by atoms with Gasteiger partial charge in [-0.3, -0.25) is 9.79 Å². The number of guanidine groups is 1. The molecule has 1 amide bonds. The molecule has 0 aliphatic carbocycles. The van der Waals surface area contributed by atoms with Gasteiger partial charge in [0.15, 0.2) is 11.7 Å². The van der Waals surface area contributed by atoms with Crippen LogP contribution in [0.15, 0.2) is 15.7 Å². The van der Waals surface area contributed by atoms with Gasteiger partial charge in [-0.25, -0.2) is 9.78 Å². The third kappa shape index (κ3) is 6.71. The summed E-state index contributed by atoms with van der Waals surface area (Å²) < 4.78 is 10.3. The third-order valence-corrected chi connectivity index (χ3v) is 3.58. The molecule has 2 atom stereocenters. The van der Waals surface area contributed by atoms with Crippen LogP contribution in [0.3, 0.4) is 0 Å². The van der Waals surface area contributed by atoms with Crippen LogP contribution in [0.1, 0.15) is 56.0 Å². The molecule has 1 heterocycles. The predicted molar refractivity (Wildman–Crippen MR) is 96.1 cm³/mol. The summed E-state index contributed by atoms with van der Waals surface area (Å²) in [5.41, 5.74) is 16.5. The number of hydrogen-bond acceptors (Lipinski definition) is 7. The van der Waals surface area contributed by atoms with Crippen LogP contribution in [0.4, 0.5) is 0 Å². The second-order valence-corrected chi connectivity index (χ2v) is 6.07. The van der Waals surface area contributed by atoms with Crippen LogP contribution >= 0.6 is 0 Å². The standard InChI is InChI=1S/C16H28N6O4/c1-4-25-15(24)10(6-5-7-20-16(18)19)21-13(23)11-8-26-14(22-11)12(17)9(2)3/h8-10,12H,4-7,17H2,1-3H3,(H,21,23)(H4,18,19,20). The van der Waals surface area contributed by atoms with Gasteiger partial charge in [0, 0.05) is 6.54 Å². The maximum absolute atomic E-state index is 12.4. The number of aromatic nitrogens is 1. The lowest BCUT2D eigenvalue weighted by molar-refractivity contribution is -0.145. The molecule has 2 unspecified atom stereocenters. The third-order valence-electron chi connectivity index (χ3n) is 3.58. The van der Waals surface area contributed by atoms with Gasteiger partial charge < -0.3 is 31.7 Å². The molecule has 1 aromatic heterocycles. The van der Waals surface area contributed by atoms with Crippen molar-refractivity contribution in [3.05, 3.63) is 17.8 Å². The Morgan fingerprint density at radius 3 is 2.65 bits per heavy atom. The van der Waals surface area contributed by atoms with E-state index in [0.29, 0.717) is 19.4 Å². The molecule has 10 heteroatoms. The molecule has 0 saturated heterocycles. The second-order valence-electron chi connectivity index (χ2n) is 6.07. The number of ether oxygens (including phenoxy) is 1. The Morgan fingerprint density at radius 2 is 2.08 bits per heavy atom. The van der Waals surface area contributed by atoms with Crippen molar-refractivity contribution in [1.82, 2.24) is 10.3 Å². The Bertz CT molecular complexity index is 624. The van der Waals surface area contributed by atoms with E-state index in [1.165, 1.54) is 6.26 Å². The number of nitrogens with two attached hydrogens (primary N) is 3. The summed E-state index contributed by atoms with van der Waals surface area (Å²) in [6.45, 7) is 6.07. The maximum Gasteiger partial charge on any atom is 0.328 e. The second kappa shape index (κ2) is 10.4. The van der Waals surface area contributed by atoms with Gasteiger partial charge in [-0.1, -0.05) is 13.8 Å². The molecule has 0 spiro atoms. The number of nitrogens with one attached hydrogen (secondary N) is 1. The van der Waals surface area contributed by atoms with Crippen LogP contribution in [0, 0.1) is 5.92 Å². The largest absolute Gasteiger partial charge is 0.464 e. The van der Waals surface area contributed by atoms with Gasteiger partial charge in [0.2, 0.25) is 5.89 Å². The first-order valence-corrected chi connectivity index (χ1v) is 8.50. The number of rotatable bonds is 10. The lowest BCUT2D eigenvalue weighted by atomic mass is 10.1. The molecule has 146 valence electrons. The Morgan fingerprint density at radius 1 is 1.38 bits per heavy atom. The predicted octanol–water partition coefficient (Wildman–Crippen LogP) is 0.0455. The highest BCUT2D eigenvalue weighted by atomic mass is 16.5. The highest BCUT2D eigenvalue weighted by Gasteiger charge is 2.25. The number of nitrogens with zero attached hydrogens (tertiary/aromatic N) is 2. The summed E-state index contributed by atoms with van der Waals surface area (Å²) >= 11 is 0. The molecule has 0 saturated carbocycles. The van der Waals surface area contributed by atoms with Crippen molar-refractivity contribution in [2.75, 3.05) is 13.2 Å². The first-order valence-electron chi connectivity index (χ1n) is 8.50. The quantitative estimate of drug-likeness (QED) is 0.194. The van der Waals surface area contributed by atoms with Crippen LogP contribution in [-0.2, 0) is 9.53 Å². The number of carbonyl (C=O) groups is 2. The molecule has 10 nitrogen and oxygen atoms in total. The molecular formula is C16H28N6O4. The molecular weight excluding hydrogens is 340 g/mol. The monoisotopic (exact) mass is 368 g/mol. The van der Waals surface area contributed by atoms with Crippen molar-refractivity contribution in [2.24, 2.45) is 28.1 Å². The molecule has 1 aromatic rings. The molecule has 7 N–H and O–H groups in total. The lowest BCUT2D eigenvalue weighted by Crippen LogP contribution is -2.42. The van der Waals surface area contributed by atoms with Crippen LogP contribution in [0.5, 0.6) is 0 Å². The van der Waals surface area contributed by atoms with E-state index in [4.69, 9.17) is 26.4 Å². The Kier molecular flexibility index (Phi) is 8.56. The van der Waals surface area contributed by atoms with Gasteiger partial charge in [-0.05, 0) is 25.7 Å². The maximum atomic E-state index is 12.4. The van der Waals surface area contributed by atoms with E-state index in [0.717, 1.165) is 0 Å². The van der Waals surface area contributed by atoms with Crippen LogP contribution in [-0.4, -0.2) is 42.0 Å². The van der Waals surface area contributed by atoms with Crippen LogP contribution in [0.25, 0.3) is 0 Å². The molecule has 0 aliphatic rings. The number of esters is 1. The Balaban J connectivity index is 2.74. The van der Waals surface area contributed by atoms with E-state index < -0.39 is 24.0 Å². The first-order chi connectivity index (χ1) is 12.3. The van der Waals surface area contributed by atoms with Gasteiger partial charge in [0.25, 0.3) is 5.91 Å². The number of aliphatic imine (C=N–C) groups is 1. The topological polar surface area (TPSA) is 172 Å². The zero-order valence-electron chi connectivity index (χ0n) is 15.4. The zero-order valence-corrected chi connectivity index (χ0v) is 15.4. The molecule has 0 fully saturated rings. The van der Waals surface area contributed by atoms with Crippen LogP contribution < -0.4 is 22.5 Å². The van der Waals surface area contributed by atoms with Crippen molar-refractivity contribution >= 4 is 17.8 Å². The smallest absolute Gasteiger partial charge is 0.328 e. The minimum atomic E-state index is -0.837. The molecule has 0 aromatic carbocycles. The molecule has 0 bridgehead atoms. The normalized spacial score (nSPS) is 13.1. The van der Waals surface area contributed by atoms with Crippen molar-refractivity contribution in [3.8, 4) is 0 Å². The Labute approximate surface area is 152 Å². The highest BCUT2D eigenvalue weighted by Crippen LogP contribution is 2.18. The summed E-state index contributed by atoms with van der Waals surface area (Å²) in [5, 5.41) is 2.60. The number of carbonyl (C=O) groups excluding carboxylic acids is 2. The zero-order chi connectivity index (χ0) is 19.7. The van der Waals surface area contributed by atoms with Crippen molar-refractivity contribution in [2.45, 2.75) is 45.7 Å². The summed E-state index contributed by atoms with van der Waals surface area (Å²) in [6, 6.07) is -1.26. The molecule has 1 rings (SSSR count). The lowest BCUT2D eigenvalue weighted by Gasteiger charge is -2.16. The van der Waals surface area contributed by atoms with Gasteiger partial charge in [0.05, 0.1) is 12.6 Å².